The van der Waals surface area contributed by atoms with Gasteiger partial charge in [-0.05, 0) is 43.4 Å². The Morgan fingerprint density at radius 1 is 1.29 bits per heavy atom. The van der Waals surface area contributed by atoms with Crippen LogP contribution in [-0.4, -0.2) is 14.3 Å². The van der Waals surface area contributed by atoms with Crippen molar-refractivity contribution in [3.8, 4) is 5.75 Å². The summed E-state index contributed by atoms with van der Waals surface area (Å²) in [5, 5.41) is 18.7. The fraction of sp³-hybridized carbons (Fsp3) is 0.455. The van der Waals surface area contributed by atoms with E-state index in [0.717, 1.165) is 24.0 Å². The highest BCUT2D eigenvalue weighted by atomic mass is 127. The van der Waals surface area contributed by atoms with Gasteiger partial charge in [-0.15, -0.1) is 0 Å². The Kier molecular flexibility index (Phi) is 4.19. The third kappa shape index (κ3) is 3.13. The number of aromatic hydroxyl groups is 1. The van der Waals surface area contributed by atoms with Crippen molar-refractivity contribution in [2.45, 2.75) is 30.8 Å². The zero-order valence-corrected chi connectivity index (χ0v) is 10.6. The number of phenolic OH excluding ortho intramolecular Hbond substituents is 1. The van der Waals surface area contributed by atoms with Crippen molar-refractivity contribution < 1.29 is 10.2 Å². The zero-order valence-electron chi connectivity index (χ0n) is 8.42. The third-order valence-corrected chi connectivity index (χ3v) is 2.84. The molecule has 0 amide bonds. The molecule has 0 bridgehead atoms. The molecule has 0 saturated carbocycles. The lowest BCUT2D eigenvalue weighted by atomic mass is 10.0. The third-order valence-electron chi connectivity index (χ3n) is 2.22. The number of rotatable bonds is 3. The average molecular weight is 306 g/mol. The lowest BCUT2D eigenvalue weighted by Crippen LogP contribution is -1.98. The number of alkyl halides is 1. The average Bonchev–Trinajstić information content (AvgIpc) is 2.10. The van der Waals surface area contributed by atoms with Crippen molar-refractivity contribution >= 4 is 22.6 Å². The molecule has 0 aromatic heterocycles. The van der Waals surface area contributed by atoms with E-state index in [1.807, 2.05) is 48.6 Å². The fourth-order valence-electron chi connectivity index (χ4n) is 1.48. The monoisotopic (exact) mass is 306 g/mol. The van der Waals surface area contributed by atoms with Crippen LogP contribution >= 0.6 is 22.6 Å². The van der Waals surface area contributed by atoms with E-state index in [-0.39, 0.29) is 4.11 Å². The van der Waals surface area contributed by atoms with Gasteiger partial charge in [0.15, 0.2) is 0 Å². The normalized spacial score (nSPS) is 12.9. The summed E-state index contributed by atoms with van der Waals surface area (Å²) in [6.45, 7) is 3.79. The van der Waals surface area contributed by atoms with Gasteiger partial charge < -0.3 is 10.2 Å². The maximum Gasteiger partial charge on any atom is 0.121 e. The first-order chi connectivity index (χ1) is 6.50. The fourth-order valence-corrected chi connectivity index (χ4v) is 1.79. The number of aliphatic hydroxyl groups is 1. The lowest BCUT2D eigenvalue weighted by Gasteiger charge is -2.08. The van der Waals surface area contributed by atoms with Crippen LogP contribution in [0.1, 0.15) is 23.1 Å². The Balaban J connectivity index is 2.79. The molecule has 1 rings (SSSR count). The smallest absolute Gasteiger partial charge is 0.121 e. The van der Waals surface area contributed by atoms with E-state index >= 15 is 0 Å². The van der Waals surface area contributed by atoms with E-state index in [1.54, 1.807) is 0 Å². The van der Waals surface area contributed by atoms with E-state index in [9.17, 15) is 5.11 Å². The lowest BCUT2D eigenvalue weighted by molar-refractivity contribution is 0.269. The summed E-state index contributed by atoms with van der Waals surface area (Å²) in [5.74, 6) is 0.378. The highest BCUT2D eigenvalue weighted by Crippen LogP contribution is 2.23. The second kappa shape index (κ2) is 4.98. The van der Waals surface area contributed by atoms with Gasteiger partial charge in [0.1, 0.15) is 9.86 Å². The molecule has 0 heterocycles. The summed E-state index contributed by atoms with van der Waals surface area (Å²) in [7, 11) is 0. The van der Waals surface area contributed by atoms with Gasteiger partial charge in [0.05, 0.1) is 0 Å². The van der Waals surface area contributed by atoms with Gasteiger partial charge in [-0.2, -0.15) is 0 Å². The second-order valence-corrected chi connectivity index (χ2v) is 4.99. The minimum absolute atomic E-state index is 0.290. The van der Waals surface area contributed by atoms with Gasteiger partial charge in [-0.25, -0.2) is 0 Å². The SMILES string of the molecule is Cc1cc(CCC(O)I)cc(C)c1O. The molecule has 14 heavy (non-hydrogen) atoms. The van der Waals surface area contributed by atoms with Crippen LogP contribution in [0.3, 0.4) is 0 Å². The van der Waals surface area contributed by atoms with Gasteiger partial charge >= 0.3 is 0 Å². The van der Waals surface area contributed by atoms with Crippen LogP contribution in [0, 0.1) is 13.8 Å². The molecule has 1 aromatic rings. The molecule has 2 nitrogen and oxygen atoms in total. The highest BCUT2D eigenvalue weighted by molar-refractivity contribution is 14.1. The van der Waals surface area contributed by atoms with Crippen LogP contribution in [0.5, 0.6) is 5.75 Å². The summed E-state index contributed by atoms with van der Waals surface area (Å²) in [4.78, 5) is 0. The van der Waals surface area contributed by atoms with E-state index in [4.69, 9.17) is 5.11 Å². The predicted molar refractivity (Wildman–Crippen MR) is 65.9 cm³/mol. The molecule has 0 aliphatic carbocycles. The number of aliphatic hydroxyl groups excluding tert-OH is 1. The van der Waals surface area contributed by atoms with Crippen LogP contribution < -0.4 is 0 Å². The van der Waals surface area contributed by atoms with Crippen molar-refractivity contribution in [1.82, 2.24) is 0 Å². The van der Waals surface area contributed by atoms with Crippen LogP contribution in [0.25, 0.3) is 0 Å². The first-order valence-electron chi connectivity index (χ1n) is 4.62. The summed E-state index contributed by atoms with van der Waals surface area (Å²) < 4.78 is -0.290. The molecule has 1 unspecified atom stereocenters. The number of phenols is 1. The summed E-state index contributed by atoms with van der Waals surface area (Å²) in [6, 6.07) is 3.95. The highest BCUT2D eigenvalue weighted by Gasteiger charge is 2.04. The minimum Gasteiger partial charge on any atom is -0.507 e. The van der Waals surface area contributed by atoms with E-state index in [2.05, 4.69) is 0 Å². The first-order valence-corrected chi connectivity index (χ1v) is 5.86. The molecule has 1 atom stereocenters. The van der Waals surface area contributed by atoms with E-state index < -0.39 is 0 Å². The van der Waals surface area contributed by atoms with Gasteiger partial charge in [0.25, 0.3) is 0 Å². The molecule has 78 valence electrons. The Morgan fingerprint density at radius 3 is 2.21 bits per heavy atom. The quantitative estimate of drug-likeness (QED) is 0.666. The first kappa shape index (κ1) is 11.8. The molecule has 0 spiro atoms. The molecule has 1 aromatic carbocycles. The molecule has 0 saturated heterocycles. The van der Waals surface area contributed by atoms with Gasteiger partial charge in [-0.3, -0.25) is 0 Å². The largest absolute Gasteiger partial charge is 0.507 e. The van der Waals surface area contributed by atoms with Crippen molar-refractivity contribution in [3.63, 3.8) is 0 Å². The Labute approximate surface area is 98.1 Å². The summed E-state index contributed by atoms with van der Waals surface area (Å²) in [5.41, 5.74) is 2.99. The van der Waals surface area contributed by atoms with Crippen LogP contribution in [0.4, 0.5) is 0 Å². The van der Waals surface area contributed by atoms with E-state index in [1.165, 1.54) is 5.56 Å². The standard InChI is InChI=1S/C11H15IO2/c1-7-5-9(3-4-10(12)13)6-8(2)11(7)14/h5-6,10,13-14H,3-4H2,1-2H3. The number of aryl methyl sites for hydroxylation is 3. The minimum atomic E-state index is -0.290. The van der Waals surface area contributed by atoms with E-state index in [0.29, 0.717) is 5.75 Å². The van der Waals surface area contributed by atoms with Crippen molar-refractivity contribution in [2.75, 3.05) is 0 Å². The molecule has 3 heteroatoms. The van der Waals surface area contributed by atoms with Crippen molar-refractivity contribution in [1.29, 1.82) is 0 Å². The predicted octanol–water partition coefficient (Wildman–Crippen LogP) is 2.70. The second-order valence-electron chi connectivity index (χ2n) is 3.55. The number of halogens is 1. The molecule has 0 aliphatic heterocycles. The van der Waals surface area contributed by atoms with Gasteiger partial charge in [0.2, 0.25) is 0 Å². The molecular weight excluding hydrogens is 291 g/mol. The topological polar surface area (TPSA) is 40.5 Å². The molecular formula is C11H15IO2. The number of hydrogen-bond acceptors (Lipinski definition) is 2. The van der Waals surface area contributed by atoms with Crippen LogP contribution in [0.2, 0.25) is 0 Å². The van der Waals surface area contributed by atoms with Gasteiger partial charge in [0, 0.05) is 0 Å². The summed E-state index contributed by atoms with van der Waals surface area (Å²) in [6.07, 6.45) is 1.61. The zero-order chi connectivity index (χ0) is 10.7. The van der Waals surface area contributed by atoms with Crippen molar-refractivity contribution in [2.24, 2.45) is 0 Å². The number of hydrogen-bond donors (Lipinski definition) is 2. The Hall–Kier alpha value is -0.290. The Morgan fingerprint density at radius 2 is 1.79 bits per heavy atom. The van der Waals surface area contributed by atoms with Crippen LogP contribution in [-0.2, 0) is 6.42 Å². The Bertz CT molecular complexity index is 298. The maximum atomic E-state index is 9.56. The molecule has 2 N–H and O–H groups in total. The molecule has 0 aliphatic rings. The maximum absolute atomic E-state index is 9.56. The van der Waals surface area contributed by atoms with Gasteiger partial charge in [-0.1, -0.05) is 34.7 Å². The van der Waals surface area contributed by atoms with Crippen molar-refractivity contribution in [3.05, 3.63) is 28.8 Å². The number of benzene rings is 1. The van der Waals surface area contributed by atoms with Crippen LogP contribution in [0.15, 0.2) is 12.1 Å². The molecule has 0 radical (unpaired) electrons. The molecule has 0 fully saturated rings. The summed E-state index contributed by atoms with van der Waals surface area (Å²) >= 11 is 2.00.